The van der Waals surface area contributed by atoms with Gasteiger partial charge in [-0.2, -0.15) is 5.10 Å². The molecular weight excluding hydrogens is 387 g/mol. The molecule has 1 fully saturated rings. The topological polar surface area (TPSA) is 65.0 Å². The Labute approximate surface area is 165 Å². The Balaban J connectivity index is 1.56. The first-order valence-electron chi connectivity index (χ1n) is 8.24. The fourth-order valence-corrected chi connectivity index (χ4v) is 3.24. The Kier molecular flexibility index (Phi) is 4.59. The van der Waals surface area contributed by atoms with Crippen LogP contribution >= 0.6 is 23.2 Å². The van der Waals surface area contributed by atoms with Crippen molar-refractivity contribution in [1.82, 2.24) is 5.43 Å². The van der Waals surface area contributed by atoms with Crippen molar-refractivity contribution in [1.29, 1.82) is 0 Å². The van der Waals surface area contributed by atoms with E-state index in [0.717, 1.165) is 24.2 Å². The maximum atomic E-state index is 12.6. The van der Waals surface area contributed by atoms with Gasteiger partial charge >= 0.3 is 0 Å². The van der Waals surface area contributed by atoms with Crippen LogP contribution in [0.2, 0.25) is 5.02 Å². The van der Waals surface area contributed by atoms with E-state index in [1.54, 1.807) is 30.3 Å². The number of hydrazone groups is 1. The molecule has 4 rings (SSSR count). The van der Waals surface area contributed by atoms with Crippen LogP contribution < -0.4 is 15.4 Å². The van der Waals surface area contributed by atoms with Crippen molar-refractivity contribution in [2.45, 2.75) is 6.42 Å². The van der Waals surface area contributed by atoms with Crippen LogP contribution in [0, 0.1) is 0 Å². The molecule has 1 N–H and O–H groups in total. The minimum atomic E-state index is -0.458. The fraction of sp³-hybridized carbons (Fsp3) is 0.105. The number of nitrogens with one attached hydrogen (secondary N) is 1. The molecule has 0 aliphatic carbocycles. The molecule has 2 amide bonds. The maximum absolute atomic E-state index is 12.6. The van der Waals surface area contributed by atoms with E-state index in [-0.39, 0.29) is 5.57 Å². The normalized spacial score (nSPS) is 18.3. The zero-order valence-corrected chi connectivity index (χ0v) is 15.5. The molecule has 0 bridgehead atoms. The number of carbonyl (C=O) groups is 2. The number of hydrogen-bond donors (Lipinski definition) is 1. The molecular formula is C19H14Cl2N4O2. The van der Waals surface area contributed by atoms with E-state index < -0.39 is 11.8 Å². The summed E-state index contributed by atoms with van der Waals surface area (Å²) in [6.45, 7) is 0.731. The molecule has 2 aliphatic rings. The van der Waals surface area contributed by atoms with Crippen molar-refractivity contribution < 1.29 is 9.59 Å². The van der Waals surface area contributed by atoms with E-state index in [9.17, 15) is 9.59 Å². The molecule has 6 nitrogen and oxygen atoms in total. The van der Waals surface area contributed by atoms with Gasteiger partial charge in [-0.3, -0.25) is 20.0 Å². The summed E-state index contributed by atoms with van der Waals surface area (Å²) in [6.07, 6.45) is 2.29. The first kappa shape index (κ1) is 17.6. The van der Waals surface area contributed by atoms with Gasteiger partial charge in [0.15, 0.2) is 0 Å². The van der Waals surface area contributed by atoms with Crippen LogP contribution in [0.4, 0.5) is 11.4 Å². The van der Waals surface area contributed by atoms with Crippen LogP contribution in [0.5, 0.6) is 0 Å². The fourth-order valence-electron chi connectivity index (χ4n) is 2.88. The highest BCUT2D eigenvalue weighted by Gasteiger charge is 2.34. The van der Waals surface area contributed by atoms with Gasteiger partial charge in [0.1, 0.15) is 10.7 Å². The van der Waals surface area contributed by atoms with E-state index in [4.69, 9.17) is 23.2 Å². The molecule has 0 spiro atoms. The third kappa shape index (κ3) is 3.54. The zero-order valence-electron chi connectivity index (χ0n) is 14.0. The molecule has 0 aromatic heterocycles. The predicted molar refractivity (Wildman–Crippen MR) is 107 cm³/mol. The Hall–Kier alpha value is -2.83. The Morgan fingerprint density at radius 3 is 2.48 bits per heavy atom. The van der Waals surface area contributed by atoms with Crippen molar-refractivity contribution in [3.63, 3.8) is 0 Å². The molecule has 136 valence electrons. The van der Waals surface area contributed by atoms with E-state index in [0.29, 0.717) is 15.9 Å². The Morgan fingerprint density at radius 1 is 1.04 bits per heavy atom. The van der Waals surface area contributed by atoms with Gasteiger partial charge in [-0.05, 0) is 42.0 Å². The monoisotopic (exact) mass is 400 g/mol. The van der Waals surface area contributed by atoms with Crippen LogP contribution in [0.3, 0.4) is 0 Å². The molecule has 0 atom stereocenters. The molecule has 2 aliphatic heterocycles. The van der Waals surface area contributed by atoms with Gasteiger partial charge in [0.25, 0.3) is 11.8 Å². The number of nitrogens with zero attached hydrogens (tertiary/aromatic N) is 3. The number of carbonyl (C=O) groups excluding carboxylic acids is 2. The summed E-state index contributed by atoms with van der Waals surface area (Å²) in [6, 6.07) is 14.1. The van der Waals surface area contributed by atoms with E-state index in [1.165, 1.54) is 5.01 Å². The number of amides is 2. The predicted octanol–water partition coefficient (Wildman–Crippen LogP) is 3.56. The standard InChI is InChI=1S/C19H14Cl2N4O2/c20-13-2-1-3-15(11-13)25-19(27)16(18(26)23-25)10-12-4-6-14(7-5-12)24-9-8-17(21)22-24/h1-7,10-11H,8-9H2,(H,23,26)/b16-10-. The second kappa shape index (κ2) is 7.06. The third-order valence-electron chi connectivity index (χ3n) is 4.22. The number of benzene rings is 2. The lowest BCUT2D eigenvalue weighted by atomic mass is 10.1. The second-order valence-corrected chi connectivity index (χ2v) is 6.93. The summed E-state index contributed by atoms with van der Waals surface area (Å²) < 4.78 is 0. The first-order chi connectivity index (χ1) is 13.0. The van der Waals surface area contributed by atoms with Crippen molar-refractivity contribution >= 4 is 57.6 Å². The quantitative estimate of drug-likeness (QED) is 0.632. The number of anilines is 2. The molecule has 27 heavy (non-hydrogen) atoms. The zero-order chi connectivity index (χ0) is 19.0. The van der Waals surface area contributed by atoms with Gasteiger partial charge in [0, 0.05) is 18.0 Å². The average molecular weight is 401 g/mol. The van der Waals surface area contributed by atoms with Crippen molar-refractivity contribution in [3.05, 3.63) is 64.7 Å². The summed E-state index contributed by atoms with van der Waals surface area (Å²) in [4.78, 5) is 24.9. The van der Waals surface area contributed by atoms with Gasteiger partial charge in [0.05, 0.1) is 11.4 Å². The molecule has 2 heterocycles. The largest absolute Gasteiger partial charge is 0.282 e. The average Bonchev–Trinajstić information content (AvgIpc) is 3.21. The van der Waals surface area contributed by atoms with Gasteiger partial charge in [-0.1, -0.05) is 41.4 Å². The molecule has 2 aromatic rings. The van der Waals surface area contributed by atoms with E-state index >= 15 is 0 Å². The summed E-state index contributed by atoms with van der Waals surface area (Å²) >= 11 is 11.9. The molecule has 0 radical (unpaired) electrons. The number of hydrazine groups is 1. The summed E-state index contributed by atoms with van der Waals surface area (Å²) in [5.41, 5.74) is 4.75. The first-order valence-corrected chi connectivity index (χ1v) is 9.00. The van der Waals surface area contributed by atoms with Crippen molar-refractivity contribution in [2.24, 2.45) is 5.10 Å². The Bertz CT molecular complexity index is 985. The number of halogens is 2. The van der Waals surface area contributed by atoms with Crippen LogP contribution in [0.15, 0.2) is 59.2 Å². The van der Waals surface area contributed by atoms with Crippen LogP contribution in [-0.4, -0.2) is 23.5 Å². The van der Waals surface area contributed by atoms with Crippen LogP contribution in [0.25, 0.3) is 6.08 Å². The third-order valence-corrected chi connectivity index (χ3v) is 4.72. The minimum absolute atomic E-state index is 0.0602. The van der Waals surface area contributed by atoms with Crippen molar-refractivity contribution in [3.8, 4) is 0 Å². The highest BCUT2D eigenvalue weighted by atomic mass is 35.5. The smallest absolute Gasteiger partial charge is 0.267 e. The SMILES string of the molecule is O=C1NN(c2cccc(Cl)c2)C(=O)/C1=C\c1ccc(N2CCC(Cl)=N2)cc1. The second-order valence-electron chi connectivity index (χ2n) is 6.06. The molecule has 0 saturated carbocycles. The molecule has 2 aromatic carbocycles. The van der Waals surface area contributed by atoms with Crippen LogP contribution in [0.1, 0.15) is 12.0 Å². The van der Waals surface area contributed by atoms with Gasteiger partial charge in [-0.25, -0.2) is 5.01 Å². The van der Waals surface area contributed by atoms with Gasteiger partial charge in [-0.15, -0.1) is 0 Å². The van der Waals surface area contributed by atoms with Crippen molar-refractivity contribution in [2.75, 3.05) is 16.6 Å². The summed E-state index contributed by atoms with van der Waals surface area (Å²) in [5, 5.41) is 8.29. The van der Waals surface area contributed by atoms with E-state index in [1.807, 2.05) is 29.3 Å². The minimum Gasteiger partial charge on any atom is -0.267 e. The molecule has 8 heteroatoms. The highest BCUT2D eigenvalue weighted by Crippen LogP contribution is 2.25. The van der Waals surface area contributed by atoms with Gasteiger partial charge in [0.2, 0.25) is 0 Å². The lowest BCUT2D eigenvalue weighted by Gasteiger charge is -2.14. The van der Waals surface area contributed by atoms with Crippen LogP contribution in [-0.2, 0) is 9.59 Å². The molecule has 0 unspecified atom stereocenters. The Morgan fingerprint density at radius 2 is 1.81 bits per heavy atom. The van der Waals surface area contributed by atoms with E-state index in [2.05, 4.69) is 10.5 Å². The number of rotatable bonds is 3. The lowest BCUT2D eigenvalue weighted by molar-refractivity contribution is -0.117. The highest BCUT2D eigenvalue weighted by molar-refractivity contribution is 6.65. The summed E-state index contributed by atoms with van der Waals surface area (Å²) in [7, 11) is 0. The number of hydrogen-bond acceptors (Lipinski definition) is 4. The van der Waals surface area contributed by atoms with Gasteiger partial charge < -0.3 is 0 Å². The molecule has 1 saturated heterocycles. The lowest BCUT2D eigenvalue weighted by Crippen LogP contribution is -2.35. The maximum Gasteiger partial charge on any atom is 0.282 e. The summed E-state index contributed by atoms with van der Waals surface area (Å²) in [5.74, 6) is -0.887.